The summed E-state index contributed by atoms with van der Waals surface area (Å²) in [5, 5.41) is 4.16. The van der Waals surface area contributed by atoms with Gasteiger partial charge in [0.05, 0.1) is 6.61 Å². The van der Waals surface area contributed by atoms with E-state index in [1.807, 2.05) is 36.4 Å². The lowest BCUT2D eigenvalue weighted by Crippen LogP contribution is -2.38. The molecule has 1 aliphatic carbocycles. The second-order valence-corrected chi connectivity index (χ2v) is 10.7. The van der Waals surface area contributed by atoms with Gasteiger partial charge < -0.3 is 4.74 Å². The molecule has 5 heteroatoms. The first-order valence-corrected chi connectivity index (χ1v) is 13.8. The number of hydrogen-bond donors (Lipinski definition) is 0. The fourth-order valence-corrected chi connectivity index (χ4v) is 6.39. The monoisotopic (exact) mass is 550 g/mol. The quantitative estimate of drug-likeness (QED) is 0.0873. The molecular formula is C36H29F3O2. The van der Waals surface area contributed by atoms with Crippen molar-refractivity contribution in [2.45, 2.75) is 37.8 Å². The van der Waals surface area contributed by atoms with Gasteiger partial charge in [-0.3, -0.25) is 0 Å². The van der Waals surface area contributed by atoms with Crippen molar-refractivity contribution >= 4 is 27.5 Å². The number of benzene rings is 5. The van der Waals surface area contributed by atoms with Gasteiger partial charge in [-0.05, 0) is 92.7 Å². The van der Waals surface area contributed by atoms with Crippen LogP contribution in [0.15, 0.2) is 104 Å². The zero-order valence-corrected chi connectivity index (χ0v) is 22.7. The molecule has 2 nitrogen and oxygen atoms in total. The van der Waals surface area contributed by atoms with Crippen LogP contribution >= 0.6 is 0 Å². The van der Waals surface area contributed by atoms with Crippen molar-refractivity contribution in [3.63, 3.8) is 0 Å². The van der Waals surface area contributed by atoms with Crippen molar-refractivity contribution in [3.8, 4) is 22.3 Å². The minimum atomic E-state index is -4.46. The Morgan fingerprint density at radius 2 is 1.39 bits per heavy atom. The van der Waals surface area contributed by atoms with Crippen molar-refractivity contribution in [1.29, 1.82) is 0 Å². The first-order valence-electron chi connectivity index (χ1n) is 13.8. The summed E-state index contributed by atoms with van der Waals surface area (Å²) < 4.78 is 49.5. The molecule has 1 unspecified atom stereocenters. The Morgan fingerprint density at radius 3 is 2.02 bits per heavy atom. The molecule has 0 aliphatic heterocycles. The summed E-state index contributed by atoms with van der Waals surface area (Å²) >= 11 is 0. The number of rotatable bonds is 7. The topological polar surface area (TPSA) is 26.3 Å². The Labute approximate surface area is 237 Å². The van der Waals surface area contributed by atoms with Gasteiger partial charge in [0.15, 0.2) is 0 Å². The number of halogens is 3. The van der Waals surface area contributed by atoms with E-state index in [2.05, 4.69) is 30.8 Å². The first kappa shape index (κ1) is 26.8. The summed E-state index contributed by atoms with van der Waals surface area (Å²) in [5.74, 6) is -0.427. The Bertz CT molecular complexity index is 1760. The lowest BCUT2D eigenvalue weighted by molar-refractivity contribution is -0.172. The molecule has 206 valence electrons. The van der Waals surface area contributed by atoms with Crippen LogP contribution in [0, 0.1) is 0 Å². The predicted molar refractivity (Wildman–Crippen MR) is 159 cm³/mol. The molecule has 1 atom stereocenters. The number of fused-ring (bicyclic) bond motifs is 5. The van der Waals surface area contributed by atoms with Crippen LogP contribution < -0.4 is 0 Å². The third-order valence-corrected chi connectivity index (χ3v) is 8.44. The Morgan fingerprint density at radius 1 is 0.805 bits per heavy atom. The van der Waals surface area contributed by atoms with Crippen LogP contribution in [0.4, 0.5) is 13.2 Å². The van der Waals surface area contributed by atoms with Gasteiger partial charge >= 0.3 is 12.1 Å². The van der Waals surface area contributed by atoms with E-state index in [0.29, 0.717) is 29.7 Å². The second-order valence-electron chi connectivity index (χ2n) is 10.7. The second kappa shape index (κ2) is 10.2. The molecule has 0 amide bonds. The van der Waals surface area contributed by atoms with E-state index in [4.69, 9.17) is 4.74 Å². The number of unbranched alkanes of at least 4 members (excludes halogenated alkanes) is 1. The largest absolute Gasteiger partial charge is 0.463 e. The third-order valence-electron chi connectivity index (χ3n) is 8.44. The summed E-state index contributed by atoms with van der Waals surface area (Å²) in [5.41, 5.74) is 2.63. The number of ether oxygens (including phenoxy) is 1. The van der Waals surface area contributed by atoms with E-state index in [0.717, 1.165) is 51.6 Å². The van der Waals surface area contributed by atoms with E-state index < -0.39 is 17.6 Å². The molecule has 0 saturated heterocycles. The van der Waals surface area contributed by atoms with Gasteiger partial charge in [0.1, 0.15) is 5.41 Å². The van der Waals surface area contributed by atoms with Crippen LogP contribution in [0.3, 0.4) is 0 Å². The predicted octanol–water partition coefficient (Wildman–Crippen LogP) is 9.56. The Kier molecular flexibility index (Phi) is 6.69. The highest BCUT2D eigenvalue weighted by Crippen LogP contribution is 2.57. The molecule has 0 N–H and O–H groups in total. The standard InChI is InChI=1S/C36H29F3O2/c1-3-33(40)41-21-11-10-14-24-25-12-4-6-16-29(25)34(30-17-7-5-13-26(24)30)23-19-20-28-27-15-8-9-18-31(27)35(2,32(28)22-23)36(37,38)39/h3-9,12-13,15-20,22H,1,10-11,14,21H2,2H3. The first-order chi connectivity index (χ1) is 19.8. The summed E-state index contributed by atoms with van der Waals surface area (Å²) in [7, 11) is 0. The summed E-state index contributed by atoms with van der Waals surface area (Å²) in [4.78, 5) is 11.4. The smallest absolute Gasteiger partial charge is 0.402 e. The van der Waals surface area contributed by atoms with Crippen molar-refractivity contribution in [2.24, 2.45) is 0 Å². The van der Waals surface area contributed by atoms with Gasteiger partial charge in [0.25, 0.3) is 0 Å². The van der Waals surface area contributed by atoms with Gasteiger partial charge in [0.2, 0.25) is 0 Å². The van der Waals surface area contributed by atoms with Gasteiger partial charge in [-0.2, -0.15) is 13.2 Å². The van der Waals surface area contributed by atoms with Crippen LogP contribution in [0.5, 0.6) is 0 Å². The minimum Gasteiger partial charge on any atom is -0.463 e. The van der Waals surface area contributed by atoms with Crippen LogP contribution in [0.1, 0.15) is 36.5 Å². The fourth-order valence-electron chi connectivity index (χ4n) is 6.39. The molecule has 0 radical (unpaired) electrons. The number of aryl methyl sites for hydroxylation is 1. The SMILES string of the molecule is C=CC(=O)OCCCCc1c2ccccc2c(-c2ccc3c(c2)C(C)(C(F)(F)F)c2ccccc2-3)c2ccccc12. The van der Waals surface area contributed by atoms with Gasteiger partial charge in [-0.1, -0.05) is 91.5 Å². The number of alkyl halides is 3. The highest BCUT2D eigenvalue weighted by Gasteiger charge is 2.58. The average molecular weight is 551 g/mol. The van der Waals surface area contributed by atoms with E-state index in [-0.39, 0.29) is 5.56 Å². The highest BCUT2D eigenvalue weighted by molar-refractivity contribution is 6.15. The maximum Gasteiger partial charge on any atom is 0.402 e. The zero-order valence-electron chi connectivity index (χ0n) is 22.7. The number of carbonyl (C=O) groups excluding carboxylic acids is 1. The van der Waals surface area contributed by atoms with Gasteiger partial charge in [-0.15, -0.1) is 0 Å². The third kappa shape index (κ3) is 4.31. The Balaban J connectivity index is 1.51. The van der Waals surface area contributed by atoms with E-state index in [1.165, 1.54) is 12.5 Å². The van der Waals surface area contributed by atoms with Crippen LogP contribution in [-0.4, -0.2) is 18.8 Å². The molecule has 5 aromatic rings. The molecular weight excluding hydrogens is 521 g/mol. The number of hydrogen-bond acceptors (Lipinski definition) is 2. The maximum atomic E-state index is 14.8. The molecule has 0 bridgehead atoms. The maximum absolute atomic E-state index is 14.8. The van der Waals surface area contributed by atoms with Crippen LogP contribution in [0.25, 0.3) is 43.8 Å². The van der Waals surface area contributed by atoms with Crippen molar-refractivity contribution in [1.82, 2.24) is 0 Å². The number of esters is 1. The molecule has 0 aromatic heterocycles. The summed E-state index contributed by atoms with van der Waals surface area (Å²) in [6, 6.07) is 28.6. The molecule has 6 rings (SSSR count). The summed E-state index contributed by atoms with van der Waals surface area (Å²) in [6.07, 6.45) is -0.988. The number of carbonyl (C=O) groups is 1. The van der Waals surface area contributed by atoms with E-state index in [9.17, 15) is 18.0 Å². The van der Waals surface area contributed by atoms with Crippen LogP contribution in [0.2, 0.25) is 0 Å². The van der Waals surface area contributed by atoms with Crippen molar-refractivity contribution < 1.29 is 22.7 Å². The lowest BCUT2D eigenvalue weighted by atomic mass is 9.78. The molecule has 0 fully saturated rings. The molecule has 41 heavy (non-hydrogen) atoms. The molecule has 5 aromatic carbocycles. The summed E-state index contributed by atoms with van der Waals surface area (Å²) in [6.45, 7) is 5.05. The van der Waals surface area contributed by atoms with Gasteiger partial charge in [-0.25, -0.2) is 4.79 Å². The molecule has 0 saturated carbocycles. The molecule has 1 aliphatic rings. The average Bonchev–Trinajstić information content (AvgIpc) is 3.25. The van der Waals surface area contributed by atoms with Crippen molar-refractivity contribution in [2.75, 3.05) is 6.61 Å². The normalized spacial score (nSPS) is 16.0. The fraction of sp³-hybridized carbons (Fsp3) is 0.194. The van der Waals surface area contributed by atoms with E-state index in [1.54, 1.807) is 30.3 Å². The highest BCUT2D eigenvalue weighted by atomic mass is 19.4. The zero-order chi connectivity index (χ0) is 28.8. The lowest BCUT2D eigenvalue weighted by Gasteiger charge is -2.30. The van der Waals surface area contributed by atoms with E-state index >= 15 is 0 Å². The van der Waals surface area contributed by atoms with Gasteiger partial charge in [0, 0.05) is 6.08 Å². The van der Waals surface area contributed by atoms with Crippen molar-refractivity contribution in [3.05, 3.63) is 120 Å². The van der Waals surface area contributed by atoms with Crippen LogP contribution in [-0.2, 0) is 21.4 Å². The minimum absolute atomic E-state index is 0.287. The Hall–Kier alpha value is -4.38. The molecule has 0 heterocycles. The molecule has 0 spiro atoms.